The lowest BCUT2D eigenvalue weighted by Gasteiger charge is -2.35. The van der Waals surface area contributed by atoms with Gasteiger partial charge >= 0.3 is 0 Å². The third-order valence-electron chi connectivity index (χ3n) is 7.44. The first-order valence-electron chi connectivity index (χ1n) is 14.0. The molecule has 1 saturated heterocycles. The Morgan fingerprint density at radius 2 is 1.61 bits per heavy atom. The number of amides is 1. The molecule has 1 saturated carbocycles. The fourth-order valence-electron chi connectivity index (χ4n) is 5.40. The molecule has 1 aromatic carbocycles. The van der Waals surface area contributed by atoms with Crippen molar-refractivity contribution in [2.24, 2.45) is 5.92 Å². The zero-order chi connectivity index (χ0) is 26.6. The third-order valence-corrected chi connectivity index (χ3v) is 7.44. The predicted octanol–water partition coefficient (Wildman–Crippen LogP) is 1.43. The molecule has 1 amide bonds. The summed E-state index contributed by atoms with van der Waals surface area (Å²) in [5.74, 6) is 1.52. The number of phenols is 1. The van der Waals surface area contributed by atoms with Crippen LogP contribution in [0.15, 0.2) is 18.2 Å². The van der Waals surface area contributed by atoms with Crippen molar-refractivity contribution in [3.63, 3.8) is 0 Å². The van der Waals surface area contributed by atoms with Crippen molar-refractivity contribution in [1.82, 2.24) is 15.5 Å². The average Bonchev–Trinajstić information content (AvgIpc) is 3.65. The number of hydrogen-bond donors (Lipinski definition) is 3. The van der Waals surface area contributed by atoms with Gasteiger partial charge < -0.3 is 39.4 Å². The van der Waals surface area contributed by atoms with Crippen molar-refractivity contribution in [3.8, 4) is 5.75 Å². The van der Waals surface area contributed by atoms with Gasteiger partial charge in [-0.3, -0.25) is 9.69 Å². The molecule has 3 N–H and O–H groups in total. The largest absolute Gasteiger partial charge is 0.508 e. The first-order valence-corrected chi connectivity index (χ1v) is 14.0. The molecule has 38 heavy (non-hydrogen) atoms. The highest BCUT2D eigenvalue weighted by Gasteiger charge is 2.46. The second-order valence-corrected chi connectivity index (χ2v) is 10.4. The van der Waals surface area contributed by atoms with Crippen LogP contribution in [0.4, 0.5) is 0 Å². The van der Waals surface area contributed by atoms with Crippen molar-refractivity contribution >= 4 is 5.91 Å². The Kier molecular flexibility index (Phi) is 12.1. The highest BCUT2D eigenvalue weighted by Crippen LogP contribution is 2.47. The average molecular weight is 536 g/mol. The Hall–Kier alpha value is -1.79. The standard InChI is InChI=1S/C28H45N3O7/c1-34-8-9-36-12-13-38-15-14-37-11-10-35-7-6-29-18-27(33)30-28-24-5-4-23(32)17-25(24)22-16-26(28)31(20-22)19-21-2-3-21/h4-5,17,21-22,26,28-29,32H,2-3,6-16,18-20H2,1H3,(H,30,33). The summed E-state index contributed by atoms with van der Waals surface area (Å²) < 4.78 is 26.7. The number of fused-ring (bicyclic) bond motifs is 4. The number of hydrogen-bond acceptors (Lipinski definition) is 9. The quantitative estimate of drug-likeness (QED) is 0.214. The van der Waals surface area contributed by atoms with Crippen LogP contribution in [0.1, 0.15) is 42.3 Å². The first-order chi connectivity index (χ1) is 18.7. The minimum absolute atomic E-state index is 0.0156. The number of nitrogens with zero attached hydrogens (tertiary/aromatic N) is 1. The maximum absolute atomic E-state index is 12.8. The summed E-state index contributed by atoms with van der Waals surface area (Å²) in [6, 6.07) is 5.90. The van der Waals surface area contributed by atoms with E-state index in [4.69, 9.17) is 23.7 Å². The third kappa shape index (κ3) is 9.15. The Bertz CT molecular complexity index is 854. The van der Waals surface area contributed by atoms with E-state index in [2.05, 4.69) is 15.5 Å². The topological polar surface area (TPSA) is 111 Å². The zero-order valence-electron chi connectivity index (χ0n) is 22.7. The molecule has 3 unspecified atom stereocenters. The van der Waals surface area contributed by atoms with Gasteiger partial charge in [0.2, 0.25) is 5.91 Å². The molecule has 4 rings (SSSR count). The molecule has 0 radical (unpaired) electrons. The number of benzene rings is 1. The molecule has 0 spiro atoms. The van der Waals surface area contributed by atoms with E-state index < -0.39 is 0 Å². The molecule has 2 fully saturated rings. The molecule has 1 aromatic rings. The normalized spacial score (nSPS) is 22.5. The molecular formula is C28H45N3O7. The highest BCUT2D eigenvalue weighted by atomic mass is 16.6. The molecule has 2 bridgehead atoms. The van der Waals surface area contributed by atoms with Crippen molar-refractivity contribution in [2.75, 3.05) is 92.8 Å². The van der Waals surface area contributed by atoms with E-state index in [1.807, 2.05) is 12.1 Å². The molecule has 2 aliphatic carbocycles. The van der Waals surface area contributed by atoms with E-state index in [9.17, 15) is 9.90 Å². The summed E-state index contributed by atoms with van der Waals surface area (Å²) in [5.41, 5.74) is 2.34. The van der Waals surface area contributed by atoms with Gasteiger partial charge in [0.1, 0.15) is 5.75 Å². The summed E-state index contributed by atoms with van der Waals surface area (Å²) in [4.78, 5) is 15.4. The molecule has 3 aliphatic rings. The first kappa shape index (κ1) is 29.2. The molecular weight excluding hydrogens is 490 g/mol. The van der Waals surface area contributed by atoms with Crippen LogP contribution < -0.4 is 10.6 Å². The van der Waals surface area contributed by atoms with Gasteiger partial charge in [-0.25, -0.2) is 0 Å². The van der Waals surface area contributed by atoms with Crippen LogP contribution in [0.5, 0.6) is 5.75 Å². The lowest BCUT2D eigenvalue weighted by Crippen LogP contribution is -2.46. The minimum atomic E-state index is -0.0436. The highest BCUT2D eigenvalue weighted by molar-refractivity contribution is 5.78. The van der Waals surface area contributed by atoms with Crippen LogP contribution >= 0.6 is 0 Å². The number of rotatable bonds is 20. The van der Waals surface area contributed by atoms with Gasteiger partial charge in [-0.2, -0.15) is 0 Å². The Morgan fingerprint density at radius 1 is 0.947 bits per heavy atom. The molecule has 10 heteroatoms. The van der Waals surface area contributed by atoms with Gasteiger partial charge in [0.05, 0.1) is 72.0 Å². The number of aromatic hydroxyl groups is 1. The Labute approximate surface area is 226 Å². The van der Waals surface area contributed by atoms with Crippen molar-refractivity contribution in [2.45, 2.75) is 37.3 Å². The molecule has 214 valence electrons. The number of methoxy groups -OCH3 is 1. The van der Waals surface area contributed by atoms with E-state index in [0.717, 1.165) is 31.0 Å². The molecule has 0 aromatic heterocycles. The number of ether oxygens (including phenoxy) is 5. The second kappa shape index (κ2) is 15.7. The van der Waals surface area contributed by atoms with Crippen LogP contribution in [-0.2, 0) is 28.5 Å². The summed E-state index contributed by atoms with van der Waals surface area (Å²) in [6.07, 6.45) is 3.67. The monoisotopic (exact) mass is 535 g/mol. The maximum Gasteiger partial charge on any atom is 0.234 e. The van der Waals surface area contributed by atoms with Crippen LogP contribution in [-0.4, -0.2) is 115 Å². The summed E-state index contributed by atoms with van der Waals surface area (Å²) in [5, 5.41) is 16.5. The van der Waals surface area contributed by atoms with E-state index in [1.54, 1.807) is 13.2 Å². The summed E-state index contributed by atoms with van der Waals surface area (Å²) >= 11 is 0. The zero-order valence-corrected chi connectivity index (χ0v) is 22.7. The van der Waals surface area contributed by atoms with Gasteiger partial charge in [-0.05, 0) is 54.4 Å². The Balaban J connectivity index is 1.05. The fraction of sp³-hybridized carbons (Fsp3) is 0.750. The van der Waals surface area contributed by atoms with Crippen molar-refractivity contribution in [1.29, 1.82) is 0 Å². The van der Waals surface area contributed by atoms with Gasteiger partial charge in [0, 0.05) is 32.8 Å². The number of likely N-dealkylation sites (tertiary alicyclic amines) is 1. The van der Waals surface area contributed by atoms with Gasteiger partial charge in [0.25, 0.3) is 0 Å². The molecule has 1 aliphatic heterocycles. The molecule has 1 heterocycles. The summed E-state index contributed by atoms with van der Waals surface area (Å²) in [7, 11) is 1.65. The van der Waals surface area contributed by atoms with Gasteiger partial charge in [0.15, 0.2) is 0 Å². The van der Waals surface area contributed by atoms with E-state index >= 15 is 0 Å². The predicted molar refractivity (Wildman–Crippen MR) is 142 cm³/mol. The number of carbonyl (C=O) groups is 1. The van der Waals surface area contributed by atoms with Crippen LogP contribution in [0.3, 0.4) is 0 Å². The SMILES string of the molecule is COCCOCCOCCOCCOCCNCC(=O)NC1c2ccc(O)cc2C2CC1N(CC1CC1)C2. The van der Waals surface area contributed by atoms with Crippen LogP contribution in [0.2, 0.25) is 0 Å². The summed E-state index contributed by atoms with van der Waals surface area (Å²) in [6.45, 7) is 7.78. The van der Waals surface area contributed by atoms with E-state index in [-0.39, 0.29) is 18.5 Å². The van der Waals surface area contributed by atoms with Crippen molar-refractivity contribution < 1.29 is 33.6 Å². The second-order valence-electron chi connectivity index (χ2n) is 10.4. The minimum Gasteiger partial charge on any atom is -0.508 e. The number of phenolic OH excluding ortho intramolecular Hbond substituents is 1. The van der Waals surface area contributed by atoms with E-state index in [1.165, 1.54) is 18.4 Å². The Morgan fingerprint density at radius 3 is 2.26 bits per heavy atom. The van der Waals surface area contributed by atoms with Crippen LogP contribution in [0, 0.1) is 5.92 Å². The maximum atomic E-state index is 12.8. The van der Waals surface area contributed by atoms with Crippen LogP contribution in [0.25, 0.3) is 0 Å². The number of carbonyl (C=O) groups excluding carboxylic acids is 1. The molecule has 3 atom stereocenters. The van der Waals surface area contributed by atoms with Gasteiger partial charge in [-0.1, -0.05) is 6.07 Å². The number of nitrogens with one attached hydrogen (secondary N) is 2. The van der Waals surface area contributed by atoms with E-state index in [0.29, 0.717) is 83.7 Å². The lowest BCUT2D eigenvalue weighted by molar-refractivity contribution is -0.121. The van der Waals surface area contributed by atoms with Crippen molar-refractivity contribution in [3.05, 3.63) is 29.3 Å². The lowest BCUT2D eigenvalue weighted by atomic mass is 9.80. The fourth-order valence-corrected chi connectivity index (χ4v) is 5.40. The smallest absolute Gasteiger partial charge is 0.234 e. The van der Waals surface area contributed by atoms with Gasteiger partial charge in [-0.15, -0.1) is 0 Å². The molecule has 10 nitrogen and oxygen atoms in total.